The summed E-state index contributed by atoms with van der Waals surface area (Å²) >= 11 is 0. The van der Waals surface area contributed by atoms with Crippen LogP contribution in [-0.2, 0) is 14.3 Å². The molecule has 0 unspecified atom stereocenters. The number of carbonyl (C=O) groups excluding carboxylic acids is 1. The molecule has 6 atom stereocenters. The predicted octanol–water partition coefficient (Wildman–Crippen LogP) is 1.10. The number of hydrogen-bond donors (Lipinski definition) is 4. The first-order chi connectivity index (χ1) is 18.9. The van der Waals surface area contributed by atoms with Gasteiger partial charge in [0.25, 0.3) is 5.69 Å². The number of carboxylic acids is 1. The molecule has 16 nitrogen and oxygen atoms in total. The van der Waals surface area contributed by atoms with Gasteiger partial charge in [0.15, 0.2) is 11.9 Å². The number of ether oxygens (including phenoxy) is 4. The molecular weight excluding hydrogens is 540 g/mol. The second-order valence-electron chi connectivity index (χ2n) is 8.32. The number of nitrogens with zero attached hydrogens (tertiary/aromatic N) is 2. The van der Waals surface area contributed by atoms with Crippen LogP contribution in [0.3, 0.4) is 0 Å². The van der Waals surface area contributed by atoms with Gasteiger partial charge in [-0.15, -0.1) is 12.3 Å². The first-order valence-corrected chi connectivity index (χ1v) is 11.3. The lowest BCUT2D eigenvalue weighted by Crippen LogP contribution is -2.61. The highest BCUT2D eigenvalue weighted by Crippen LogP contribution is 2.33. The molecule has 4 N–H and O–H groups in total. The third-order valence-corrected chi connectivity index (χ3v) is 5.70. The number of terminal acetylenes is 1. The molecule has 3 rings (SSSR count). The minimum Gasteiger partial charge on any atom is -0.484 e. The summed E-state index contributed by atoms with van der Waals surface area (Å²) in [5.74, 6) is 0.249. The van der Waals surface area contributed by atoms with E-state index in [-0.39, 0.29) is 29.2 Å². The molecule has 0 aromatic heterocycles. The average molecular weight is 562 g/mol. The first kappa shape index (κ1) is 29.7. The normalized spacial score (nSPS) is 22.8. The van der Waals surface area contributed by atoms with Gasteiger partial charge in [0.05, 0.1) is 16.3 Å². The summed E-state index contributed by atoms with van der Waals surface area (Å²) in [5.41, 5.74) is -0.774. The Hall–Kier alpha value is -4.82. The van der Waals surface area contributed by atoms with Crippen molar-refractivity contribution in [1.82, 2.24) is 0 Å². The number of nitro groups is 2. The molecule has 0 amide bonds. The molecule has 212 valence electrons. The molecule has 0 spiro atoms. The molecular formula is C24H22N2O14. The molecule has 1 saturated heterocycles. The van der Waals surface area contributed by atoms with Crippen LogP contribution in [0.15, 0.2) is 42.5 Å². The fourth-order valence-corrected chi connectivity index (χ4v) is 3.67. The molecule has 0 saturated carbocycles. The monoisotopic (exact) mass is 562 g/mol. The number of hydrogen-bond acceptors (Lipinski definition) is 13. The molecule has 0 radical (unpaired) electrons. The van der Waals surface area contributed by atoms with E-state index in [4.69, 9.17) is 30.5 Å². The molecule has 2 aromatic rings. The van der Waals surface area contributed by atoms with Crippen LogP contribution in [0, 0.1) is 32.6 Å². The molecule has 0 aliphatic carbocycles. The van der Waals surface area contributed by atoms with Crippen LogP contribution >= 0.6 is 0 Å². The SMILES string of the molecule is C#CC[C@@H](OC(=O)Oc1ccc([N+](=O)[O-])cc1)c1ccc(OC[C@@H]2O[C@H](C(=O)O)[C@@H](O)[C@H](O)[C@H]2O)c([N+](=O)[O-])c1. The Kier molecular flexibility index (Phi) is 9.53. The van der Waals surface area contributed by atoms with E-state index in [2.05, 4.69) is 5.92 Å². The summed E-state index contributed by atoms with van der Waals surface area (Å²) in [4.78, 5) is 44.5. The van der Waals surface area contributed by atoms with Gasteiger partial charge in [0.1, 0.15) is 42.9 Å². The number of rotatable bonds is 10. The molecule has 40 heavy (non-hydrogen) atoms. The Morgan fingerprint density at radius 3 is 2.27 bits per heavy atom. The minimum absolute atomic E-state index is 0.0697. The fourth-order valence-electron chi connectivity index (χ4n) is 3.67. The molecule has 16 heteroatoms. The summed E-state index contributed by atoms with van der Waals surface area (Å²) in [7, 11) is 0. The van der Waals surface area contributed by atoms with E-state index in [1.165, 1.54) is 6.07 Å². The summed E-state index contributed by atoms with van der Waals surface area (Å²) in [6, 6.07) is 7.97. The zero-order valence-corrected chi connectivity index (χ0v) is 20.3. The van der Waals surface area contributed by atoms with Crippen LogP contribution in [-0.4, -0.2) is 79.5 Å². The lowest BCUT2D eigenvalue weighted by molar-refractivity contribution is -0.386. The summed E-state index contributed by atoms with van der Waals surface area (Å²) in [6.07, 6.45) is -6.23. The maximum Gasteiger partial charge on any atom is 0.514 e. The lowest BCUT2D eigenvalue weighted by Gasteiger charge is -2.38. The summed E-state index contributed by atoms with van der Waals surface area (Å²) in [6.45, 7) is -0.638. The van der Waals surface area contributed by atoms with Crippen molar-refractivity contribution in [3.05, 3.63) is 68.3 Å². The number of carbonyl (C=O) groups is 2. The topological polar surface area (TPSA) is 238 Å². The third kappa shape index (κ3) is 6.98. The van der Waals surface area contributed by atoms with E-state index in [0.29, 0.717) is 0 Å². The number of nitro benzene ring substituents is 2. The number of carboxylic acid groups (broad SMARTS) is 1. The standard InChI is InChI=1S/C24H22N2O14/c1-2-3-16(40-24(32)38-14-7-5-13(6-8-14)25(33)34)12-4-9-17(15(10-12)26(35)36)37-11-18-19(27)20(28)21(29)22(39-18)23(30)31/h1,4-10,16,18-22,27-29H,3,11H2,(H,30,31)/t16-,18+,19+,20-,21+,22+/m1/s1. The number of aliphatic carboxylic acids is 1. The third-order valence-electron chi connectivity index (χ3n) is 5.70. The quantitative estimate of drug-likeness (QED) is 0.104. The Balaban J connectivity index is 1.74. The maximum absolute atomic E-state index is 12.3. The highest BCUT2D eigenvalue weighted by atomic mass is 16.7. The molecule has 1 aliphatic rings. The zero-order chi connectivity index (χ0) is 29.6. The predicted molar refractivity (Wildman–Crippen MR) is 129 cm³/mol. The Morgan fingerprint density at radius 2 is 1.70 bits per heavy atom. The van der Waals surface area contributed by atoms with Gasteiger partial charge in [-0.05, 0) is 18.2 Å². The van der Waals surface area contributed by atoms with E-state index in [1.54, 1.807) is 0 Å². The molecule has 0 bridgehead atoms. The van der Waals surface area contributed by atoms with E-state index < -0.39 is 70.9 Å². The Morgan fingerprint density at radius 1 is 1.02 bits per heavy atom. The van der Waals surface area contributed by atoms with Crippen LogP contribution < -0.4 is 9.47 Å². The van der Waals surface area contributed by atoms with E-state index in [9.17, 15) is 45.1 Å². The van der Waals surface area contributed by atoms with Crippen molar-refractivity contribution in [2.45, 2.75) is 43.0 Å². The summed E-state index contributed by atoms with van der Waals surface area (Å²) < 4.78 is 20.6. The number of non-ortho nitro benzene ring substituents is 1. The average Bonchev–Trinajstić information content (AvgIpc) is 2.91. The van der Waals surface area contributed by atoms with Crippen molar-refractivity contribution < 1.29 is 58.8 Å². The number of aliphatic hydroxyl groups is 3. The highest BCUT2D eigenvalue weighted by molar-refractivity contribution is 5.73. The maximum atomic E-state index is 12.3. The largest absolute Gasteiger partial charge is 0.514 e. The molecule has 1 aliphatic heterocycles. The number of benzene rings is 2. The zero-order valence-electron chi connectivity index (χ0n) is 20.3. The second kappa shape index (κ2) is 12.8. The summed E-state index contributed by atoms with van der Waals surface area (Å²) in [5, 5.41) is 61.4. The van der Waals surface area contributed by atoms with Gasteiger partial charge in [-0.3, -0.25) is 20.2 Å². The highest BCUT2D eigenvalue weighted by Gasteiger charge is 2.47. The van der Waals surface area contributed by atoms with Crippen molar-refractivity contribution in [3.8, 4) is 23.8 Å². The van der Waals surface area contributed by atoms with E-state index in [0.717, 1.165) is 36.4 Å². The Bertz CT molecular complexity index is 1310. The van der Waals surface area contributed by atoms with Crippen molar-refractivity contribution >= 4 is 23.5 Å². The van der Waals surface area contributed by atoms with Crippen molar-refractivity contribution in [3.63, 3.8) is 0 Å². The van der Waals surface area contributed by atoms with Crippen molar-refractivity contribution in [1.29, 1.82) is 0 Å². The van der Waals surface area contributed by atoms with Crippen LogP contribution in [0.2, 0.25) is 0 Å². The van der Waals surface area contributed by atoms with E-state index in [1.807, 2.05) is 0 Å². The minimum atomic E-state index is -1.92. The smallest absolute Gasteiger partial charge is 0.484 e. The Labute approximate surface area is 224 Å². The van der Waals surface area contributed by atoms with Crippen LogP contribution in [0.25, 0.3) is 0 Å². The molecule has 1 heterocycles. The second-order valence-corrected chi connectivity index (χ2v) is 8.32. The molecule has 2 aromatic carbocycles. The lowest BCUT2D eigenvalue weighted by atomic mass is 9.95. The van der Waals surface area contributed by atoms with Gasteiger partial charge in [-0.2, -0.15) is 0 Å². The van der Waals surface area contributed by atoms with Crippen LogP contribution in [0.1, 0.15) is 18.1 Å². The van der Waals surface area contributed by atoms with Gasteiger partial charge in [0.2, 0.25) is 0 Å². The van der Waals surface area contributed by atoms with Gasteiger partial charge in [-0.25, -0.2) is 9.59 Å². The van der Waals surface area contributed by atoms with Crippen LogP contribution in [0.5, 0.6) is 11.5 Å². The number of aliphatic hydroxyl groups excluding tert-OH is 3. The first-order valence-electron chi connectivity index (χ1n) is 11.3. The van der Waals surface area contributed by atoms with Crippen LogP contribution in [0.4, 0.5) is 16.2 Å². The van der Waals surface area contributed by atoms with Crippen molar-refractivity contribution in [2.24, 2.45) is 0 Å². The van der Waals surface area contributed by atoms with Gasteiger partial charge >= 0.3 is 17.8 Å². The van der Waals surface area contributed by atoms with Crippen molar-refractivity contribution in [2.75, 3.05) is 6.61 Å². The fraction of sp³-hybridized carbons (Fsp3) is 0.333. The van der Waals surface area contributed by atoms with E-state index >= 15 is 0 Å². The van der Waals surface area contributed by atoms with Gasteiger partial charge in [0, 0.05) is 23.8 Å². The van der Waals surface area contributed by atoms with Gasteiger partial charge < -0.3 is 39.4 Å². The molecule has 1 fully saturated rings. The van der Waals surface area contributed by atoms with Gasteiger partial charge in [-0.1, -0.05) is 6.07 Å².